The van der Waals surface area contributed by atoms with Crippen LogP contribution in [0.3, 0.4) is 0 Å². The van der Waals surface area contributed by atoms with Gasteiger partial charge in [0.25, 0.3) is 0 Å². The third-order valence-electron chi connectivity index (χ3n) is 1.74. The van der Waals surface area contributed by atoms with E-state index in [1.54, 1.807) is 18.8 Å². The largest absolute Gasteiger partial charge is 0.313 e. The van der Waals surface area contributed by atoms with Crippen LogP contribution >= 0.6 is 11.8 Å². The molecule has 13 heavy (non-hydrogen) atoms. The lowest BCUT2D eigenvalue weighted by Crippen LogP contribution is -2.18. The molecule has 0 fully saturated rings. The van der Waals surface area contributed by atoms with Crippen LogP contribution in [0.5, 0.6) is 0 Å². The van der Waals surface area contributed by atoms with Gasteiger partial charge in [-0.3, -0.25) is 4.79 Å². The number of Topliss-reactive ketones (excluding diaryl/α,β-unsaturated/α-hetero) is 1. The highest BCUT2D eigenvalue weighted by Crippen LogP contribution is 2.19. The topological polar surface area (TPSA) is 29.1 Å². The van der Waals surface area contributed by atoms with Gasteiger partial charge in [0.05, 0.1) is 6.54 Å². The molecule has 0 saturated carbocycles. The minimum absolute atomic E-state index is 0.146. The number of rotatable bonds is 4. The first-order valence-corrected chi connectivity index (χ1v) is 5.33. The van der Waals surface area contributed by atoms with Crippen molar-refractivity contribution >= 4 is 17.5 Å². The van der Waals surface area contributed by atoms with E-state index in [0.717, 1.165) is 10.5 Å². The van der Waals surface area contributed by atoms with Crippen LogP contribution < -0.4 is 5.32 Å². The Bertz CT molecular complexity index is 299. The number of carbonyl (C=O) groups excluding carboxylic acids is 1. The van der Waals surface area contributed by atoms with Crippen LogP contribution in [-0.4, -0.2) is 25.6 Å². The van der Waals surface area contributed by atoms with Gasteiger partial charge in [-0.2, -0.15) is 0 Å². The Kier molecular flexibility index (Phi) is 3.99. The number of thioether (sulfide) groups is 1. The monoisotopic (exact) mass is 195 g/mol. The molecule has 0 radical (unpaired) electrons. The molecule has 0 spiro atoms. The van der Waals surface area contributed by atoms with Crippen molar-refractivity contribution < 1.29 is 4.79 Å². The Morgan fingerprint density at radius 2 is 2.15 bits per heavy atom. The van der Waals surface area contributed by atoms with Gasteiger partial charge in [-0.1, -0.05) is 18.2 Å². The zero-order chi connectivity index (χ0) is 9.68. The van der Waals surface area contributed by atoms with Crippen LogP contribution in [0.25, 0.3) is 0 Å². The van der Waals surface area contributed by atoms with Gasteiger partial charge in [0.2, 0.25) is 0 Å². The first-order chi connectivity index (χ1) is 6.29. The maximum atomic E-state index is 11.5. The molecule has 0 aliphatic rings. The molecular formula is C10H13NOS. The molecule has 1 N–H and O–H groups in total. The summed E-state index contributed by atoms with van der Waals surface area (Å²) in [5, 5.41) is 2.86. The Hall–Kier alpha value is -0.800. The van der Waals surface area contributed by atoms with Gasteiger partial charge in [0, 0.05) is 10.5 Å². The van der Waals surface area contributed by atoms with Crippen LogP contribution in [0, 0.1) is 0 Å². The van der Waals surface area contributed by atoms with E-state index in [0.29, 0.717) is 6.54 Å². The third kappa shape index (κ3) is 2.57. The van der Waals surface area contributed by atoms with Crippen molar-refractivity contribution in [2.24, 2.45) is 0 Å². The van der Waals surface area contributed by atoms with Crippen molar-refractivity contribution in [2.75, 3.05) is 19.8 Å². The lowest BCUT2D eigenvalue weighted by Gasteiger charge is -2.04. The fraction of sp³-hybridized carbons (Fsp3) is 0.300. The van der Waals surface area contributed by atoms with Crippen LogP contribution in [0.2, 0.25) is 0 Å². The fourth-order valence-electron chi connectivity index (χ4n) is 1.13. The standard InChI is InChI=1S/C10H13NOS/c1-11-7-9(12)8-5-3-4-6-10(8)13-2/h3-6,11H,7H2,1-2H3. The average Bonchev–Trinajstić information content (AvgIpc) is 2.18. The van der Waals surface area contributed by atoms with Crippen LogP contribution in [0.4, 0.5) is 0 Å². The summed E-state index contributed by atoms with van der Waals surface area (Å²) in [6.07, 6.45) is 1.98. The van der Waals surface area contributed by atoms with Crippen molar-refractivity contribution in [3.8, 4) is 0 Å². The quantitative estimate of drug-likeness (QED) is 0.587. The molecule has 0 saturated heterocycles. The summed E-state index contributed by atoms with van der Waals surface area (Å²) in [4.78, 5) is 12.6. The molecule has 0 amide bonds. The maximum absolute atomic E-state index is 11.5. The second-order valence-electron chi connectivity index (χ2n) is 2.65. The SMILES string of the molecule is CNCC(=O)c1ccccc1SC. The smallest absolute Gasteiger partial charge is 0.177 e. The minimum Gasteiger partial charge on any atom is -0.313 e. The number of benzene rings is 1. The molecule has 2 nitrogen and oxygen atoms in total. The highest BCUT2D eigenvalue weighted by molar-refractivity contribution is 7.98. The predicted octanol–water partition coefficient (Wildman–Crippen LogP) is 1.81. The predicted molar refractivity (Wildman–Crippen MR) is 56.5 cm³/mol. The van der Waals surface area contributed by atoms with Crippen molar-refractivity contribution in [1.29, 1.82) is 0 Å². The second-order valence-corrected chi connectivity index (χ2v) is 3.50. The highest BCUT2D eigenvalue weighted by Gasteiger charge is 2.08. The fourth-order valence-corrected chi connectivity index (χ4v) is 1.75. The summed E-state index contributed by atoms with van der Waals surface area (Å²) in [5.41, 5.74) is 0.810. The van der Waals surface area contributed by atoms with E-state index in [9.17, 15) is 4.79 Å². The van der Waals surface area contributed by atoms with Crippen molar-refractivity contribution in [3.05, 3.63) is 29.8 Å². The first kappa shape index (κ1) is 10.3. The molecule has 0 atom stereocenters. The van der Waals surface area contributed by atoms with Crippen molar-refractivity contribution in [3.63, 3.8) is 0 Å². The molecule has 3 heteroatoms. The number of likely N-dealkylation sites (N-methyl/N-ethyl adjacent to an activating group) is 1. The number of ketones is 1. The molecule has 0 aliphatic heterocycles. The van der Waals surface area contributed by atoms with Gasteiger partial charge < -0.3 is 5.32 Å². The number of hydrogen-bond acceptors (Lipinski definition) is 3. The molecule has 0 heterocycles. The zero-order valence-electron chi connectivity index (χ0n) is 7.83. The normalized spacial score (nSPS) is 10.0. The summed E-state index contributed by atoms with van der Waals surface area (Å²) in [5.74, 6) is 0.146. The van der Waals surface area contributed by atoms with E-state index in [2.05, 4.69) is 5.32 Å². The Labute approximate surface area is 82.7 Å². The third-order valence-corrected chi connectivity index (χ3v) is 2.54. The van der Waals surface area contributed by atoms with Crippen molar-refractivity contribution in [2.45, 2.75) is 4.90 Å². The summed E-state index contributed by atoms with van der Waals surface area (Å²) in [6, 6.07) is 7.67. The van der Waals surface area contributed by atoms with Crippen LogP contribution in [0.15, 0.2) is 29.2 Å². The van der Waals surface area contributed by atoms with Gasteiger partial charge in [-0.05, 0) is 19.4 Å². The second kappa shape index (κ2) is 5.04. The van der Waals surface area contributed by atoms with Gasteiger partial charge in [0.1, 0.15) is 0 Å². The average molecular weight is 195 g/mol. The molecule has 0 aliphatic carbocycles. The van der Waals surface area contributed by atoms with Crippen molar-refractivity contribution in [1.82, 2.24) is 5.32 Å². The minimum atomic E-state index is 0.146. The maximum Gasteiger partial charge on any atom is 0.177 e. The molecule has 0 aromatic heterocycles. The Morgan fingerprint density at radius 3 is 2.77 bits per heavy atom. The summed E-state index contributed by atoms with van der Waals surface area (Å²) in [7, 11) is 1.78. The first-order valence-electron chi connectivity index (χ1n) is 4.10. The molecule has 0 unspecified atom stereocenters. The molecule has 0 bridgehead atoms. The van der Waals surface area contributed by atoms with E-state index in [4.69, 9.17) is 0 Å². The van der Waals surface area contributed by atoms with Crippen LogP contribution in [0.1, 0.15) is 10.4 Å². The molecular weight excluding hydrogens is 182 g/mol. The van der Waals surface area contributed by atoms with Gasteiger partial charge in [0.15, 0.2) is 5.78 Å². The summed E-state index contributed by atoms with van der Waals surface area (Å²) >= 11 is 1.60. The molecule has 1 rings (SSSR count). The number of nitrogens with one attached hydrogen (secondary N) is 1. The van der Waals surface area contributed by atoms with E-state index in [-0.39, 0.29) is 5.78 Å². The highest BCUT2D eigenvalue weighted by atomic mass is 32.2. The lowest BCUT2D eigenvalue weighted by molar-refractivity contribution is 0.0991. The van der Waals surface area contributed by atoms with E-state index >= 15 is 0 Å². The van der Waals surface area contributed by atoms with E-state index in [1.807, 2.05) is 30.5 Å². The number of carbonyl (C=O) groups is 1. The Balaban J connectivity index is 2.92. The van der Waals surface area contributed by atoms with E-state index < -0.39 is 0 Å². The Morgan fingerprint density at radius 1 is 1.46 bits per heavy atom. The van der Waals surface area contributed by atoms with Gasteiger partial charge in [-0.25, -0.2) is 0 Å². The lowest BCUT2D eigenvalue weighted by atomic mass is 10.1. The van der Waals surface area contributed by atoms with Crippen LogP contribution in [-0.2, 0) is 0 Å². The summed E-state index contributed by atoms with van der Waals surface area (Å²) in [6.45, 7) is 0.400. The summed E-state index contributed by atoms with van der Waals surface area (Å²) < 4.78 is 0. The molecule has 1 aromatic rings. The zero-order valence-corrected chi connectivity index (χ0v) is 8.65. The van der Waals surface area contributed by atoms with E-state index in [1.165, 1.54) is 0 Å². The van der Waals surface area contributed by atoms with Gasteiger partial charge >= 0.3 is 0 Å². The molecule has 1 aromatic carbocycles. The number of hydrogen-bond donors (Lipinski definition) is 1. The van der Waals surface area contributed by atoms with Gasteiger partial charge in [-0.15, -0.1) is 11.8 Å². The molecule has 70 valence electrons.